The molecule has 0 bridgehead atoms. The van der Waals surface area contributed by atoms with Crippen molar-refractivity contribution in [2.45, 2.75) is 38.6 Å². The first-order valence-corrected chi connectivity index (χ1v) is 12.3. The maximum atomic E-state index is 9.90. The van der Waals surface area contributed by atoms with E-state index >= 15 is 0 Å². The standard InChI is InChI=1S/C17H20N6O2S.C6H10O4/c1-22(17-20-16(21-26-17)23-8-6-19-11-23)7-2-5-18-10-13-3-4-14-15(9-13)25-12-24-14;7-5(8)3-1-2-4-6(9)10/h3-4,6,8-9,11,18H,2,5,7,10,12H2,1H3;1-4H2,(H,7,8)(H,9,10). The second-order valence-electron chi connectivity index (χ2n) is 7.98. The third kappa shape index (κ3) is 8.82. The van der Waals surface area contributed by atoms with Crippen molar-refractivity contribution in [1.29, 1.82) is 0 Å². The zero-order valence-electron chi connectivity index (χ0n) is 20.0. The summed E-state index contributed by atoms with van der Waals surface area (Å²) in [4.78, 5) is 30.5. The molecule has 4 rings (SSSR count). The van der Waals surface area contributed by atoms with Gasteiger partial charge in [-0.3, -0.25) is 14.2 Å². The quantitative estimate of drug-likeness (QED) is 0.286. The Hall–Kier alpha value is -3.71. The minimum Gasteiger partial charge on any atom is -0.481 e. The van der Waals surface area contributed by atoms with Crippen molar-refractivity contribution in [3.63, 3.8) is 0 Å². The van der Waals surface area contributed by atoms with Gasteiger partial charge in [0.1, 0.15) is 6.33 Å². The summed E-state index contributed by atoms with van der Waals surface area (Å²) in [6.45, 7) is 2.95. The van der Waals surface area contributed by atoms with Crippen LogP contribution in [-0.4, -0.2) is 68.0 Å². The van der Waals surface area contributed by atoms with Crippen LogP contribution in [0.3, 0.4) is 0 Å². The van der Waals surface area contributed by atoms with E-state index < -0.39 is 11.9 Å². The van der Waals surface area contributed by atoms with Crippen LogP contribution < -0.4 is 19.7 Å². The molecule has 0 atom stereocenters. The molecule has 0 spiro atoms. The number of nitrogens with zero attached hydrogens (tertiary/aromatic N) is 5. The van der Waals surface area contributed by atoms with Crippen molar-refractivity contribution in [2.24, 2.45) is 0 Å². The molecule has 1 aromatic carbocycles. The third-order valence-corrected chi connectivity index (χ3v) is 5.93. The first-order chi connectivity index (χ1) is 17.4. The monoisotopic (exact) mass is 518 g/mol. The summed E-state index contributed by atoms with van der Waals surface area (Å²) in [6, 6.07) is 6.05. The van der Waals surface area contributed by atoms with E-state index in [9.17, 15) is 9.59 Å². The Bertz CT molecular complexity index is 1090. The Morgan fingerprint density at radius 1 is 1.14 bits per heavy atom. The lowest BCUT2D eigenvalue weighted by molar-refractivity contribution is -0.139. The van der Waals surface area contributed by atoms with E-state index in [0.29, 0.717) is 25.6 Å². The molecule has 0 radical (unpaired) electrons. The fraction of sp³-hybridized carbons (Fsp3) is 0.435. The van der Waals surface area contributed by atoms with Gasteiger partial charge in [0.15, 0.2) is 11.5 Å². The van der Waals surface area contributed by atoms with Crippen LogP contribution in [0.4, 0.5) is 5.13 Å². The molecule has 13 heteroatoms. The molecule has 0 saturated heterocycles. The lowest BCUT2D eigenvalue weighted by Gasteiger charge is -2.15. The molecule has 0 unspecified atom stereocenters. The van der Waals surface area contributed by atoms with E-state index in [1.165, 1.54) is 17.1 Å². The maximum absolute atomic E-state index is 9.90. The maximum Gasteiger partial charge on any atom is 0.303 e. The van der Waals surface area contributed by atoms with Crippen molar-refractivity contribution in [3.05, 3.63) is 42.5 Å². The summed E-state index contributed by atoms with van der Waals surface area (Å²) in [5.41, 5.74) is 1.19. The first-order valence-electron chi connectivity index (χ1n) is 11.5. The predicted octanol–water partition coefficient (Wildman–Crippen LogP) is 2.78. The van der Waals surface area contributed by atoms with Gasteiger partial charge in [0, 0.05) is 56.9 Å². The number of imidazole rings is 1. The van der Waals surface area contributed by atoms with E-state index in [-0.39, 0.29) is 12.8 Å². The van der Waals surface area contributed by atoms with E-state index in [1.54, 1.807) is 17.1 Å². The van der Waals surface area contributed by atoms with Crippen molar-refractivity contribution < 1.29 is 29.3 Å². The number of unbranched alkanes of at least 4 members (excludes halogenated alkanes) is 1. The summed E-state index contributed by atoms with van der Waals surface area (Å²) in [5, 5.41) is 20.6. The normalized spacial score (nSPS) is 11.6. The molecule has 1 aliphatic rings. The second kappa shape index (κ2) is 14.0. The Morgan fingerprint density at radius 3 is 2.58 bits per heavy atom. The number of hydrogen-bond acceptors (Lipinski definition) is 10. The molecule has 194 valence electrons. The van der Waals surface area contributed by atoms with Gasteiger partial charge in [0.2, 0.25) is 17.9 Å². The number of fused-ring (bicyclic) bond motifs is 1. The number of hydrogen-bond donors (Lipinski definition) is 3. The van der Waals surface area contributed by atoms with Crippen LogP contribution in [0.2, 0.25) is 0 Å². The molecule has 3 heterocycles. The molecular weight excluding hydrogens is 488 g/mol. The van der Waals surface area contributed by atoms with Crippen molar-refractivity contribution in [1.82, 2.24) is 24.2 Å². The average molecular weight is 519 g/mol. The molecule has 0 aliphatic carbocycles. The van der Waals surface area contributed by atoms with Gasteiger partial charge in [-0.15, -0.1) is 0 Å². The number of rotatable bonds is 13. The highest BCUT2D eigenvalue weighted by Gasteiger charge is 2.13. The molecule has 0 saturated carbocycles. The summed E-state index contributed by atoms with van der Waals surface area (Å²) in [7, 11) is 2.04. The lowest BCUT2D eigenvalue weighted by atomic mass is 10.2. The largest absolute Gasteiger partial charge is 0.481 e. The van der Waals surface area contributed by atoms with Crippen LogP contribution >= 0.6 is 11.5 Å². The summed E-state index contributed by atoms with van der Waals surface area (Å²) in [5.74, 6) is 0.572. The van der Waals surface area contributed by atoms with Crippen LogP contribution in [0.1, 0.15) is 37.7 Å². The van der Waals surface area contributed by atoms with Crippen molar-refractivity contribution in [3.8, 4) is 17.4 Å². The van der Waals surface area contributed by atoms with Crippen molar-refractivity contribution >= 4 is 28.6 Å². The van der Waals surface area contributed by atoms with E-state index in [1.807, 2.05) is 25.4 Å². The zero-order valence-corrected chi connectivity index (χ0v) is 20.8. The Morgan fingerprint density at radius 2 is 1.89 bits per heavy atom. The van der Waals surface area contributed by atoms with E-state index in [2.05, 4.69) is 30.6 Å². The number of nitrogens with one attached hydrogen (secondary N) is 1. The Balaban J connectivity index is 0.000000308. The number of carboxylic acids is 2. The molecular formula is C23H30N6O6S. The highest BCUT2D eigenvalue weighted by atomic mass is 32.1. The van der Waals surface area contributed by atoms with Crippen molar-refractivity contribution in [2.75, 3.05) is 31.8 Å². The van der Waals surface area contributed by atoms with Gasteiger partial charge >= 0.3 is 11.9 Å². The molecule has 12 nitrogen and oxygen atoms in total. The van der Waals surface area contributed by atoms with Gasteiger partial charge in [0.25, 0.3) is 0 Å². The average Bonchev–Trinajstić information content (AvgIpc) is 3.62. The highest BCUT2D eigenvalue weighted by Crippen LogP contribution is 2.32. The number of aromatic nitrogens is 4. The molecule has 1 aliphatic heterocycles. The SMILES string of the molecule is CN(CCCNCc1ccc2c(c1)OCO2)c1nc(-n2ccnc2)ns1.O=C(O)CCCCC(=O)O. The van der Waals surface area contributed by atoms with E-state index in [4.69, 9.17) is 19.7 Å². The topological polar surface area (TPSA) is 152 Å². The molecule has 3 N–H and O–H groups in total. The fourth-order valence-electron chi connectivity index (χ4n) is 3.22. The minimum absolute atomic E-state index is 0.0628. The molecule has 2 aromatic heterocycles. The highest BCUT2D eigenvalue weighted by molar-refractivity contribution is 7.09. The number of carboxylic acid groups (broad SMARTS) is 2. The third-order valence-electron chi connectivity index (χ3n) is 5.11. The summed E-state index contributed by atoms with van der Waals surface area (Å²) < 4.78 is 16.9. The Labute approximate surface area is 212 Å². The first kappa shape index (κ1) is 26.9. The molecule has 3 aromatic rings. The molecule has 36 heavy (non-hydrogen) atoms. The number of anilines is 1. The van der Waals surface area contributed by atoms with Gasteiger partial charge in [-0.2, -0.15) is 9.36 Å². The Kier molecular flexibility index (Phi) is 10.5. The molecule has 0 fully saturated rings. The number of carbonyl (C=O) groups is 2. The summed E-state index contributed by atoms with van der Waals surface area (Å²) in [6.07, 6.45) is 7.29. The van der Waals surface area contributed by atoms with Gasteiger partial charge in [0.05, 0.1) is 0 Å². The lowest BCUT2D eigenvalue weighted by Crippen LogP contribution is -2.23. The number of ether oxygens (including phenoxy) is 2. The van der Waals surface area contributed by atoms with E-state index in [0.717, 1.165) is 42.7 Å². The van der Waals surface area contributed by atoms with Crippen LogP contribution in [0.5, 0.6) is 11.5 Å². The smallest absolute Gasteiger partial charge is 0.303 e. The van der Waals surface area contributed by atoms with Gasteiger partial charge in [-0.25, -0.2) is 4.98 Å². The fourth-order valence-corrected chi connectivity index (χ4v) is 3.87. The predicted molar refractivity (Wildman–Crippen MR) is 133 cm³/mol. The summed E-state index contributed by atoms with van der Waals surface area (Å²) >= 11 is 1.40. The van der Waals surface area contributed by atoms with Crippen LogP contribution in [-0.2, 0) is 16.1 Å². The second-order valence-corrected chi connectivity index (χ2v) is 8.71. The number of aliphatic carboxylic acids is 2. The molecule has 0 amide bonds. The van der Waals surface area contributed by atoms with Gasteiger partial charge in [-0.1, -0.05) is 6.07 Å². The van der Waals surface area contributed by atoms with Crippen LogP contribution in [0, 0.1) is 0 Å². The minimum atomic E-state index is -0.870. The number of benzene rings is 1. The van der Waals surface area contributed by atoms with Gasteiger partial charge < -0.3 is 29.9 Å². The zero-order chi connectivity index (χ0) is 25.8. The van der Waals surface area contributed by atoms with Crippen LogP contribution in [0.25, 0.3) is 5.95 Å². The van der Waals surface area contributed by atoms with Gasteiger partial charge in [-0.05, 0) is 43.5 Å². The van der Waals surface area contributed by atoms with Crippen LogP contribution in [0.15, 0.2) is 36.9 Å².